The molecule has 1 aromatic heterocycles. The van der Waals surface area contributed by atoms with Crippen molar-refractivity contribution < 1.29 is 4.42 Å². The first-order valence-electron chi connectivity index (χ1n) is 5.43. The summed E-state index contributed by atoms with van der Waals surface area (Å²) in [4.78, 5) is 4.49. The van der Waals surface area contributed by atoms with E-state index < -0.39 is 0 Å². The van der Waals surface area contributed by atoms with Crippen LogP contribution in [0.3, 0.4) is 0 Å². The lowest BCUT2D eigenvalue weighted by Gasteiger charge is -1.99. The Morgan fingerprint density at radius 3 is 2.53 bits per heavy atom. The van der Waals surface area contributed by atoms with Crippen molar-refractivity contribution in [1.82, 2.24) is 0 Å². The van der Waals surface area contributed by atoms with Crippen molar-refractivity contribution in [3.8, 4) is 0 Å². The van der Waals surface area contributed by atoms with Crippen molar-refractivity contribution in [2.24, 2.45) is 4.99 Å². The monoisotopic (exact) mass is 291 g/mol. The molecule has 0 aliphatic rings. The predicted octanol–water partition coefficient (Wildman–Crippen LogP) is 4.72. The Labute approximate surface area is 110 Å². The minimum atomic E-state index is 0.904. The average molecular weight is 292 g/mol. The zero-order valence-electron chi connectivity index (χ0n) is 10.1. The van der Waals surface area contributed by atoms with Crippen molar-refractivity contribution >= 4 is 27.8 Å². The molecule has 1 aromatic carbocycles. The predicted molar refractivity (Wildman–Crippen MR) is 74.3 cm³/mol. The van der Waals surface area contributed by atoms with Crippen LogP contribution in [0.25, 0.3) is 0 Å². The summed E-state index contributed by atoms with van der Waals surface area (Å²) in [6.07, 6.45) is 1.85. The van der Waals surface area contributed by atoms with E-state index in [9.17, 15) is 0 Å². The largest absolute Gasteiger partial charge is 0.466 e. The summed E-state index contributed by atoms with van der Waals surface area (Å²) in [7, 11) is 0. The fourth-order valence-corrected chi connectivity index (χ4v) is 2.16. The molecule has 0 N–H and O–H groups in total. The van der Waals surface area contributed by atoms with E-state index in [0.29, 0.717) is 0 Å². The van der Waals surface area contributed by atoms with Crippen LogP contribution in [0.1, 0.15) is 22.6 Å². The third kappa shape index (κ3) is 2.86. The van der Waals surface area contributed by atoms with Gasteiger partial charge in [-0.3, -0.25) is 4.99 Å². The lowest BCUT2D eigenvalue weighted by Crippen LogP contribution is -1.81. The molecule has 0 aliphatic heterocycles. The number of hydrogen-bond acceptors (Lipinski definition) is 2. The molecule has 1 heterocycles. The average Bonchev–Trinajstić information content (AvgIpc) is 2.56. The van der Waals surface area contributed by atoms with Gasteiger partial charge in [0.05, 0.1) is 5.69 Å². The van der Waals surface area contributed by atoms with Crippen LogP contribution in [-0.2, 0) is 0 Å². The minimum absolute atomic E-state index is 0.904. The Bertz CT molecular complexity index is 570. The molecule has 0 atom stereocenters. The first-order chi connectivity index (χ1) is 8.06. The number of aryl methyl sites for hydroxylation is 3. The van der Waals surface area contributed by atoms with Crippen LogP contribution in [0.4, 0.5) is 5.69 Å². The van der Waals surface area contributed by atoms with Crippen LogP contribution in [0.2, 0.25) is 0 Å². The molecule has 0 unspecified atom stereocenters. The van der Waals surface area contributed by atoms with Gasteiger partial charge in [-0.2, -0.15) is 0 Å². The van der Waals surface area contributed by atoms with E-state index in [4.69, 9.17) is 4.42 Å². The number of furan rings is 1. The first kappa shape index (κ1) is 12.1. The topological polar surface area (TPSA) is 25.5 Å². The lowest BCUT2D eigenvalue weighted by atomic mass is 10.2. The molecule has 0 saturated carbocycles. The summed E-state index contributed by atoms with van der Waals surface area (Å²) in [5.41, 5.74) is 3.16. The zero-order valence-corrected chi connectivity index (χ0v) is 11.7. The Morgan fingerprint density at radius 1 is 1.18 bits per heavy atom. The highest BCUT2D eigenvalue weighted by atomic mass is 79.9. The maximum atomic E-state index is 5.45. The smallest absolute Gasteiger partial charge is 0.109 e. The molecule has 88 valence electrons. The molecule has 0 aliphatic carbocycles. The second-order valence-electron chi connectivity index (χ2n) is 4.06. The van der Waals surface area contributed by atoms with E-state index in [2.05, 4.69) is 27.0 Å². The van der Waals surface area contributed by atoms with Gasteiger partial charge >= 0.3 is 0 Å². The van der Waals surface area contributed by atoms with Gasteiger partial charge in [0.15, 0.2) is 0 Å². The van der Waals surface area contributed by atoms with E-state index in [1.807, 2.05) is 45.2 Å². The standard InChI is InChI=1S/C14H14BrNO/c1-9-6-13(15)4-5-14(9)16-8-12-7-10(2)17-11(12)3/h4-8H,1-3H3. The number of hydrogen-bond donors (Lipinski definition) is 0. The number of aliphatic imine (C=N–C) groups is 1. The second-order valence-corrected chi connectivity index (χ2v) is 4.97. The second kappa shape index (κ2) is 4.88. The van der Waals surface area contributed by atoms with Gasteiger partial charge in [-0.1, -0.05) is 15.9 Å². The van der Waals surface area contributed by atoms with Crippen molar-refractivity contribution in [2.45, 2.75) is 20.8 Å². The molecule has 17 heavy (non-hydrogen) atoms. The number of halogens is 1. The highest BCUT2D eigenvalue weighted by molar-refractivity contribution is 9.10. The van der Waals surface area contributed by atoms with E-state index >= 15 is 0 Å². The van der Waals surface area contributed by atoms with E-state index in [-0.39, 0.29) is 0 Å². The molecule has 0 spiro atoms. The van der Waals surface area contributed by atoms with Crippen LogP contribution in [0.15, 0.2) is 38.1 Å². The maximum absolute atomic E-state index is 5.45. The highest BCUT2D eigenvalue weighted by Gasteiger charge is 2.02. The highest BCUT2D eigenvalue weighted by Crippen LogP contribution is 2.23. The Morgan fingerprint density at radius 2 is 1.94 bits per heavy atom. The van der Waals surface area contributed by atoms with Gasteiger partial charge in [-0.15, -0.1) is 0 Å². The summed E-state index contributed by atoms with van der Waals surface area (Å²) >= 11 is 3.44. The van der Waals surface area contributed by atoms with Gasteiger partial charge in [0.2, 0.25) is 0 Å². The quantitative estimate of drug-likeness (QED) is 0.735. The molecule has 0 fully saturated rings. The van der Waals surface area contributed by atoms with Crippen LogP contribution in [0, 0.1) is 20.8 Å². The molecular formula is C14H14BrNO. The minimum Gasteiger partial charge on any atom is -0.466 e. The summed E-state index contributed by atoms with van der Waals surface area (Å²) in [6, 6.07) is 8.04. The van der Waals surface area contributed by atoms with E-state index in [1.165, 1.54) is 0 Å². The van der Waals surface area contributed by atoms with Gasteiger partial charge in [0.1, 0.15) is 11.5 Å². The molecule has 2 rings (SSSR count). The maximum Gasteiger partial charge on any atom is 0.109 e. The Hall–Kier alpha value is -1.35. The van der Waals surface area contributed by atoms with Crippen molar-refractivity contribution in [3.05, 3.63) is 51.4 Å². The molecule has 2 aromatic rings. The first-order valence-corrected chi connectivity index (χ1v) is 6.23. The number of benzene rings is 1. The molecule has 0 amide bonds. The number of rotatable bonds is 2. The number of nitrogens with zero attached hydrogens (tertiary/aromatic N) is 1. The van der Waals surface area contributed by atoms with Crippen molar-refractivity contribution in [1.29, 1.82) is 0 Å². The van der Waals surface area contributed by atoms with Gasteiger partial charge < -0.3 is 4.42 Å². The van der Waals surface area contributed by atoms with Crippen molar-refractivity contribution in [3.63, 3.8) is 0 Å². The van der Waals surface area contributed by atoms with E-state index in [1.54, 1.807) is 0 Å². The zero-order chi connectivity index (χ0) is 12.4. The SMILES string of the molecule is Cc1cc(C=Nc2ccc(Br)cc2C)c(C)o1. The third-order valence-corrected chi connectivity index (χ3v) is 3.07. The van der Waals surface area contributed by atoms with E-state index in [0.717, 1.165) is 32.8 Å². The van der Waals surface area contributed by atoms with Gasteiger partial charge in [0, 0.05) is 16.3 Å². The summed E-state index contributed by atoms with van der Waals surface area (Å²) in [5, 5.41) is 0. The van der Waals surface area contributed by atoms with Crippen molar-refractivity contribution in [2.75, 3.05) is 0 Å². The fraction of sp³-hybridized carbons (Fsp3) is 0.214. The molecule has 2 nitrogen and oxygen atoms in total. The van der Waals surface area contributed by atoms with Crippen LogP contribution in [0.5, 0.6) is 0 Å². The molecule has 0 saturated heterocycles. The van der Waals surface area contributed by atoms with Gasteiger partial charge in [-0.25, -0.2) is 0 Å². The van der Waals surface area contributed by atoms with Gasteiger partial charge in [-0.05, 0) is 50.6 Å². The van der Waals surface area contributed by atoms with Crippen LogP contribution in [-0.4, -0.2) is 6.21 Å². The third-order valence-electron chi connectivity index (χ3n) is 2.58. The summed E-state index contributed by atoms with van der Waals surface area (Å²) in [5.74, 6) is 1.82. The van der Waals surface area contributed by atoms with Crippen LogP contribution < -0.4 is 0 Å². The molecular weight excluding hydrogens is 278 g/mol. The summed E-state index contributed by atoms with van der Waals surface area (Å²) in [6.45, 7) is 5.93. The fourth-order valence-electron chi connectivity index (χ4n) is 1.68. The summed E-state index contributed by atoms with van der Waals surface area (Å²) < 4.78 is 6.53. The lowest BCUT2D eigenvalue weighted by molar-refractivity contribution is 0.504. The normalized spacial score (nSPS) is 11.3. The molecule has 3 heteroatoms. The Balaban J connectivity index is 2.29. The Kier molecular flexibility index (Phi) is 3.48. The van der Waals surface area contributed by atoms with Gasteiger partial charge in [0.25, 0.3) is 0 Å². The molecule has 0 bridgehead atoms. The van der Waals surface area contributed by atoms with Crippen LogP contribution >= 0.6 is 15.9 Å². The molecule has 0 radical (unpaired) electrons.